The Morgan fingerprint density at radius 1 is 1.27 bits per heavy atom. The Morgan fingerprint density at radius 2 is 2.00 bits per heavy atom. The Balaban J connectivity index is 1.82. The normalized spacial score (nSPS) is 11.5. The monoisotopic (exact) mass is 529 g/mol. The highest BCUT2D eigenvalue weighted by Crippen LogP contribution is 2.32. The second kappa shape index (κ2) is 11.0. The molecule has 1 aromatic heterocycles. The van der Waals surface area contributed by atoms with Crippen LogP contribution in [0.2, 0.25) is 0 Å². The van der Waals surface area contributed by atoms with Crippen molar-refractivity contribution in [1.82, 2.24) is 14.9 Å². The predicted molar refractivity (Wildman–Crippen MR) is 127 cm³/mol. The maximum atomic E-state index is 12.5. The Morgan fingerprint density at radius 3 is 2.67 bits per heavy atom. The summed E-state index contributed by atoms with van der Waals surface area (Å²) in [5.41, 5.74) is 6.52. The van der Waals surface area contributed by atoms with E-state index in [9.17, 15) is 19.6 Å². The van der Waals surface area contributed by atoms with E-state index in [-0.39, 0.29) is 18.8 Å². The van der Waals surface area contributed by atoms with Crippen LogP contribution in [0.15, 0.2) is 52.4 Å². The van der Waals surface area contributed by atoms with Crippen LogP contribution in [0.1, 0.15) is 18.9 Å². The summed E-state index contributed by atoms with van der Waals surface area (Å²) in [5, 5.41) is 14.1. The first kappa shape index (κ1) is 24.3. The molecule has 0 aliphatic carbocycles. The molecular formula is C22H20BrN5O4S. The van der Waals surface area contributed by atoms with Crippen molar-refractivity contribution in [2.75, 3.05) is 12.4 Å². The van der Waals surface area contributed by atoms with Gasteiger partial charge in [-0.2, -0.15) is 5.26 Å². The van der Waals surface area contributed by atoms with Crippen molar-refractivity contribution in [2.45, 2.75) is 24.5 Å². The molecule has 0 aliphatic heterocycles. The third-order valence-corrected chi connectivity index (χ3v) is 6.10. The second-order valence-corrected chi connectivity index (χ2v) is 8.57. The van der Waals surface area contributed by atoms with Gasteiger partial charge in [-0.3, -0.25) is 14.2 Å². The van der Waals surface area contributed by atoms with Crippen LogP contribution in [0.3, 0.4) is 0 Å². The van der Waals surface area contributed by atoms with Gasteiger partial charge in [-0.1, -0.05) is 36.0 Å². The fraction of sp³-hybridized carbons (Fsp3) is 0.227. The lowest BCUT2D eigenvalue weighted by Gasteiger charge is -2.16. The van der Waals surface area contributed by atoms with E-state index < -0.39 is 23.8 Å². The van der Waals surface area contributed by atoms with E-state index in [1.165, 1.54) is 0 Å². The number of benzene rings is 2. The van der Waals surface area contributed by atoms with Gasteiger partial charge in [0.25, 0.3) is 0 Å². The number of imidazole rings is 1. The molecule has 1 unspecified atom stereocenters. The number of halogens is 1. The summed E-state index contributed by atoms with van der Waals surface area (Å²) in [6.07, 6.45) is 1.26. The minimum atomic E-state index is -1.15. The second-order valence-electron chi connectivity index (χ2n) is 6.82. The molecular weight excluding hydrogens is 510 g/mol. The zero-order valence-electron chi connectivity index (χ0n) is 17.6. The van der Waals surface area contributed by atoms with Crippen molar-refractivity contribution < 1.29 is 19.1 Å². The molecule has 1 atom stereocenters. The number of rotatable bonds is 9. The minimum absolute atomic E-state index is 0.0632. The molecule has 0 bridgehead atoms. The summed E-state index contributed by atoms with van der Waals surface area (Å²) >= 11 is 4.65. The number of fused-ring (bicyclic) bond motifs is 1. The Hall–Kier alpha value is -3.36. The maximum absolute atomic E-state index is 12.5. The van der Waals surface area contributed by atoms with E-state index in [0.717, 1.165) is 28.2 Å². The van der Waals surface area contributed by atoms with Gasteiger partial charge in [-0.05, 0) is 35.0 Å². The van der Waals surface area contributed by atoms with E-state index in [4.69, 9.17) is 10.5 Å². The number of nitriles is 1. The summed E-state index contributed by atoms with van der Waals surface area (Å²) in [4.78, 5) is 40.1. The van der Waals surface area contributed by atoms with Crippen molar-refractivity contribution in [2.24, 2.45) is 5.73 Å². The quantitative estimate of drug-likeness (QED) is 0.320. The molecule has 0 fully saturated rings. The molecule has 9 nitrogen and oxygen atoms in total. The number of primary amides is 1. The van der Waals surface area contributed by atoms with Crippen LogP contribution in [-0.2, 0) is 19.1 Å². The van der Waals surface area contributed by atoms with E-state index >= 15 is 0 Å². The van der Waals surface area contributed by atoms with Crippen molar-refractivity contribution in [1.29, 1.82) is 5.26 Å². The van der Waals surface area contributed by atoms with Crippen LogP contribution in [0.5, 0.6) is 0 Å². The van der Waals surface area contributed by atoms with Gasteiger partial charge >= 0.3 is 5.97 Å². The molecule has 0 spiro atoms. The number of nitrogens with two attached hydrogens (primary N) is 1. The number of thioether (sulfide) groups is 1. The molecule has 0 saturated heterocycles. The van der Waals surface area contributed by atoms with Crippen LogP contribution in [0.4, 0.5) is 0 Å². The van der Waals surface area contributed by atoms with Crippen LogP contribution < -0.4 is 11.1 Å². The number of amides is 2. The highest BCUT2D eigenvalue weighted by atomic mass is 79.9. The molecule has 33 heavy (non-hydrogen) atoms. The summed E-state index contributed by atoms with van der Waals surface area (Å²) in [6, 6.07) is 12.1. The van der Waals surface area contributed by atoms with Crippen LogP contribution in [-0.4, -0.2) is 45.7 Å². The van der Waals surface area contributed by atoms with E-state index in [1.54, 1.807) is 19.2 Å². The number of carbonyl (C=O) groups excluding carboxylic acids is 3. The number of carbonyl (C=O) groups is 3. The number of aromatic nitrogens is 2. The highest BCUT2D eigenvalue weighted by Gasteiger charge is 2.24. The Bertz CT molecular complexity index is 1250. The average molecular weight is 530 g/mol. The van der Waals surface area contributed by atoms with Gasteiger partial charge in [0.2, 0.25) is 11.8 Å². The topological polar surface area (TPSA) is 140 Å². The molecule has 1 heterocycles. The van der Waals surface area contributed by atoms with Crippen molar-refractivity contribution >= 4 is 56.2 Å². The lowest BCUT2D eigenvalue weighted by molar-refractivity contribution is -0.148. The fourth-order valence-corrected chi connectivity index (χ4v) is 4.59. The molecule has 0 aliphatic rings. The number of esters is 1. The number of nitrogens with one attached hydrogen (secondary N) is 1. The number of ether oxygens (including phenoxy) is 1. The predicted octanol–water partition coefficient (Wildman–Crippen LogP) is 2.68. The summed E-state index contributed by atoms with van der Waals surface area (Å²) in [7, 11) is 0. The van der Waals surface area contributed by atoms with Gasteiger partial charge in [0.05, 0.1) is 42.3 Å². The smallest absolute Gasteiger partial charge is 0.329 e. The Kier molecular flexibility index (Phi) is 8.08. The first-order valence-corrected chi connectivity index (χ1v) is 11.7. The van der Waals surface area contributed by atoms with Crippen molar-refractivity contribution in [3.63, 3.8) is 0 Å². The Labute approximate surface area is 202 Å². The zero-order valence-corrected chi connectivity index (χ0v) is 20.0. The molecule has 0 saturated carbocycles. The van der Waals surface area contributed by atoms with Gasteiger partial charge in [-0.25, -0.2) is 9.78 Å². The number of nitrogens with zero attached hydrogens (tertiary/aromatic N) is 3. The molecule has 3 aromatic rings. The van der Waals surface area contributed by atoms with E-state index in [1.807, 2.05) is 34.9 Å². The number of hydrogen-bond donors (Lipinski definition) is 2. The maximum Gasteiger partial charge on any atom is 0.329 e. The van der Waals surface area contributed by atoms with Gasteiger partial charge in [0.15, 0.2) is 5.16 Å². The molecule has 2 aromatic carbocycles. The molecule has 11 heteroatoms. The third-order valence-electron chi connectivity index (χ3n) is 4.59. The van der Waals surface area contributed by atoms with Crippen molar-refractivity contribution in [3.05, 3.63) is 52.8 Å². The molecule has 170 valence electrons. The largest absolute Gasteiger partial charge is 0.464 e. The first-order valence-electron chi connectivity index (χ1n) is 9.88. The van der Waals surface area contributed by atoms with Crippen LogP contribution in [0.25, 0.3) is 16.5 Å². The molecule has 2 amide bonds. The van der Waals surface area contributed by atoms with Gasteiger partial charge in [0, 0.05) is 10.8 Å². The van der Waals surface area contributed by atoms with Crippen molar-refractivity contribution in [3.8, 4) is 11.8 Å². The summed E-state index contributed by atoms with van der Waals surface area (Å²) in [5.74, 6) is -1.99. The lowest BCUT2D eigenvalue weighted by atomic mass is 10.0. The minimum Gasteiger partial charge on any atom is -0.464 e. The summed E-state index contributed by atoms with van der Waals surface area (Å²) < 4.78 is 7.39. The lowest BCUT2D eigenvalue weighted by Crippen LogP contribution is -2.45. The zero-order chi connectivity index (χ0) is 24.0. The van der Waals surface area contributed by atoms with Crippen LogP contribution >= 0.6 is 27.7 Å². The molecule has 3 N–H and O–H groups in total. The number of hydrogen-bond acceptors (Lipinski definition) is 7. The third kappa shape index (κ3) is 5.71. The van der Waals surface area contributed by atoms with Gasteiger partial charge < -0.3 is 15.8 Å². The van der Waals surface area contributed by atoms with Gasteiger partial charge in [0.1, 0.15) is 10.6 Å². The first-order chi connectivity index (χ1) is 15.8. The van der Waals surface area contributed by atoms with Crippen LogP contribution in [0, 0.1) is 11.3 Å². The fourth-order valence-electron chi connectivity index (χ4n) is 3.21. The molecule has 3 rings (SSSR count). The summed E-state index contributed by atoms with van der Waals surface area (Å²) in [6.45, 7) is 1.74. The van der Waals surface area contributed by atoms with E-state index in [0.29, 0.717) is 15.3 Å². The highest BCUT2D eigenvalue weighted by molar-refractivity contribution is 9.10. The van der Waals surface area contributed by atoms with E-state index in [2.05, 4.69) is 32.3 Å². The van der Waals surface area contributed by atoms with Gasteiger partial charge in [-0.15, -0.1) is 0 Å². The standard InChI is InChI=1S/C22H20BrN5O4S/c1-2-32-21(31)16(9-19(25)29)27-20(30)12-33-22-26-11-18(23)28(22)17-8-7-13(10-24)14-5-3-4-6-15(14)17/h3-8,11,16H,2,9,12H2,1H3,(H2,25,29)(H,27,30). The SMILES string of the molecule is CCOC(=O)C(CC(N)=O)NC(=O)CSc1ncc(Br)n1-c1ccc(C#N)c2ccccc12. The average Bonchev–Trinajstić information content (AvgIpc) is 3.16. The molecule has 0 radical (unpaired) electrons.